The minimum atomic E-state index is 0.799. The summed E-state index contributed by atoms with van der Waals surface area (Å²) in [7, 11) is 0. The highest BCUT2D eigenvalue weighted by Gasteiger charge is 2.16. The van der Waals surface area contributed by atoms with E-state index in [2.05, 4.69) is 36.6 Å². The quantitative estimate of drug-likeness (QED) is 0.708. The summed E-state index contributed by atoms with van der Waals surface area (Å²) in [6.07, 6.45) is 13.3. The monoisotopic (exact) mass is 231 g/mol. The maximum atomic E-state index is 4.03. The lowest BCUT2D eigenvalue weighted by Gasteiger charge is -2.30. The molecule has 0 aromatic heterocycles. The zero-order chi connectivity index (χ0) is 12.1. The van der Waals surface area contributed by atoms with E-state index in [1.165, 1.54) is 62.9 Å². The second-order valence-electron chi connectivity index (χ2n) is 5.36. The first kappa shape index (κ1) is 12.6. The van der Waals surface area contributed by atoms with Gasteiger partial charge < -0.3 is 4.90 Å². The Hall–Kier alpha value is -0.820. The summed E-state index contributed by atoms with van der Waals surface area (Å²) < 4.78 is 0. The van der Waals surface area contributed by atoms with Crippen LogP contribution in [0.5, 0.6) is 0 Å². The molecular formula is C16H25N. The molecule has 1 nitrogen and oxygen atoms in total. The first-order valence-corrected chi connectivity index (χ1v) is 7.07. The Morgan fingerprint density at radius 1 is 1.29 bits per heavy atom. The SMILES string of the molecule is C=C1CC/C1=C\C=C\C1CCN(CCC)CC1. The van der Waals surface area contributed by atoms with Crippen molar-refractivity contribution < 1.29 is 0 Å². The van der Waals surface area contributed by atoms with Crippen molar-refractivity contribution in [3.63, 3.8) is 0 Å². The highest BCUT2D eigenvalue weighted by molar-refractivity contribution is 5.39. The summed E-state index contributed by atoms with van der Waals surface area (Å²) in [5.41, 5.74) is 2.80. The third kappa shape index (κ3) is 3.57. The van der Waals surface area contributed by atoms with Crippen molar-refractivity contribution >= 4 is 0 Å². The van der Waals surface area contributed by atoms with Crippen LogP contribution in [0.1, 0.15) is 39.0 Å². The lowest BCUT2D eigenvalue weighted by molar-refractivity contribution is 0.203. The first-order chi connectivity index (χ1) is 8.29. The van der Waals surface area contributed by atoms with Gasteiger partial charge in [0.1, 0.15) is 0 Å². The normalized spacial score (nSPS) is 25.7. The fraction of sp³-hybridized carbons (Fsp3) is 0.625. The number of likely N-dealkylation sites (tertiary alicyclic amines) is 1. The summed E-state index contributed by atoms with van der Waals surface area (Å²) in [6, 6.07) is 0. The van der Waals surface area contributed by atoms with Crippen molar-refractivity contribution in [2.24, 2.45) is 5.92 Å². The summed E-state index contributed by atoms with van der Waals surface area (Å²) in [5.74, 6) is 0.799. The van der Waals surface area contributed by atoms with Crippen LogP contribution in [0.4, 0.5) is 0 Å². The van der Waals surface area contributed by atoms with E-state index < -0.39 is 0 Å². The van der Waals surface area contributed by atoms with Crippen molar-refractivity contribution in [2.75, 3.05) is 19.6 Å². The maximum absolute atomic E-state index is 4.03. The molecule has 17 heavy (non-hydrogen) atoms. The zero-order valence-electron chi connectivity index (χ0n) is 11.1. The van der Waals surface area contributed by atoms with Crippen LogP contribution in [-0.2, 0) is 0 Å². The molecule has 0 atom stereocenters. The summed E-state index contributed by atoms with van der Waals surface area (Å²) in [4.78, 5) is 2.59. The number of rotatable bonds is 4. The van der Waals surface area contributed by atoms with E-state index in [9.17, 15) is 0 Å². The molecule has 2 aliphatic rings. The average molecular weight is 231 g/mol. The lowest BCUT2D eigenvalue weighted by Crippen LogP contribution is -2.33. The van der Waals surface area contributed by atoms with Crippen molar-refractivity contribution in [3.05, 3.63) is 36.0 Å². The summed E-state index contributed by atoms with van der Waals surface area (Å²) in [5, 5.41) is 0. The van der Waals surface area contributed by atoms with E-state index in [0.717, 1.165) is 5.92 Å². The molecule has 2 rings (SSSR count). The molecule has 1 heterocycles. The van der Waals surface area contributed by atoms with Crippen LogP contribution in [0.25, 0.3) is 0 Å². The molecule has 1 aliphatic heterocycles. The number of nitrogens with zero attached hydrogens (tertiary/aromatic N) is 1. The number of hydrogen-bond acceptors (Lipinski definition) is 1. The lowest BCUT2D eigenvalue weighted by atomic mass is 9.86. The Morgan fingerprint density at radius 2 is 2.06 bits per heavy atom. The van der Waals surface area contributed by atoms with Gasteiger partial charge in [-0.3, -0.25) is 0 Å². The summed E-state index contributed by atoms with van der Waals surface area (Å²) >= 11 is 0. The Morgan fingerprint density at radius 3 is 2.59 bits per heavy atom. The molecule has 0 aromatic rings. The molecule has 0 spiro atoms. The van der Waals surface area contributed by atoms with Crippen LogP contribution >= 0.6 is 0 Å². The zero-order valence-corrected chi connectivity index (χ0v) is 11.1. The molecule has 0 radical (unpaired) electrons. The van der Waals surface area contributed by atoms with Crippen LogP contribution in [0.15, 0.2) is 36.0 Å². The highest BCUT2D eigenvalue weighted by atomic mass is 15.1. The molecule has 1 saturated carbocycles. The molecule has 0 N–H and O–H groups in total. The van der Waals surface area contributed by atoms with Gasteiger partial charge in [0.2, 0.25) is 0 Å². The third-order valence-corrected chi connectivity index (χ3v) is 4.00. The molecule has 94 valence electrons. The Bertz CT molecular complexity index is 316. The highest BCUT2D eigenvalue weighted by Crippen LogP contribution is 2.30. The molecule has 1 heteroatoms. The molecule has 0 aromatic carbocycles. The average Bonchev–Trinajstić information content (AvgIpc) is 2.35. The van der Waals surface area contributed by atoms with E-state index in [-0.39, 0.29) is 0 Å². The van der Waals surface area contributed by atoms with Crippen molar-refractivity contribution in [1.29, 1.82) is 0 Å². The predicted molar refractivity (Wildman–Crippen MR) is 75.1 cm³/mol. The van der Waals surface area contributed by atoms with Crippen LogP contribution in [0.2, 0.25) is 0 Å². The largest absolute Gasteiger partial charge is 0.303 e. The number of hydrogen-bond donors (Lipinski definition) is 0. The van der Waals surface area contributed by atoms with Gasteiger partial charge in [-0.25, -0.2) is 0 Å². The second kappa shape index (κ2) is 6.20. The van der Waals surface area contributed by atoms with Gasteiger partial charge in [0.25, 0.3) is 0 Å². The summed E-state index contributed by atoms with van der Waals surface area (Å²) in [6.45, 7) is 10.1. The molecule has 0 amide bonds. The fourth-order valence-corrected chi connectivity index (χ4v) is 2.66. The molecule has 1 saturated heterocycles. The van der Waals surface area contributed by atoms with E-state index in [0.29, 0.717) is 0 Å². The van der Waals surface area contributed by atoms with E-state index >= 15 is 0 Å². The number of allylic oxidation sites excluding steroid dienone is 5. The van der Waals surface area contributed by atoms with Crippen LogP contribution in [-0.4, -0.2) is 24.5 Å². The minimum absolute atomic E-state index is 0.799. The Labute approximate surface area is 106 Å². The van der Waals surface area contributed by atoms with E-state index in [1.807, 2.05) is 0 Å². The second-order valence-corrected chi connectivity index (χ2v) is 5.36. The van der Waals surface area contributed by atoms with Crippen molar-refractivity contribution in [1.82, 2.24) is 4.90 Å². The van der Waals surface area contributed by atoms with Gasteiger partial charge >= 0.3 is 0 Å². The Balaban J connectivity index is 1.72. The predicted octanol–water partition coefficient (Wildman–Crippen LogP) is 3.94. The maximum Gasteiger partial charge on any atom is -0.00131 e. The van der Waals surface area contributed by atoms with Gasteiger partial charge in [-0.05, 0) is 63.2 Å². The first-order valence-electron chi connectivity index (χ1n) is 7.07. The topological polar surface area (TPSA) is 3.24 Å². The molecule has 2 fully saturated rings. The third-order valence-electron chi connectivity index (χ3n) is 4.00. The van der Waals surface area contributed by atoms with Gasteiger partial charge in [-0.15, -0.1) is 0 Å². The Kier molecular flexibility index (Phi) is 4.61. The molecule has 0 bridgehead atoms. The van der Waals surface area contributed by atoms with Gasteiger partial charge in [0, 0.05) is 0 Å². The molecular weight excluding hydrogens is 206 g/mol. The van der Waals surface area contributed by atoms with Crippen LogP contribution < -0.4 is 0 Å². The minimum Gasteiger partial charge on any atom is -0.303 e. The van der Waals surface area contributed by atoms with Gasteiger partial charge in [0.15, 0.2) is 0 Å². The fourth-order valence-electron chi connectivity index (χ4n) is 2.66. The molecule has 1 aliphatic carbocycles. The van der Waals surface area contributed by atoms with Crippen LogP contribution in [0.3, 0.4) is 0 Å². The van der Waals surface area contributed by atoms with Gasteiger partial charge in [-0.1, -0.05) is 37.3 Å². The number of piperidine rings is 1. The van der Waals surface area contributed by atoms with Crippen molar-refractivity contribution in [2.45, 2.75) is 39.0 Å². The standard InChI is InChI=1S/C16H25N/c1-3-11-17-12-9-15(10-13-17)5-4-6-16-8-7-14(16)2/h4-6,15H,2-3,7-13H2,1H3/b5-4+,16-6+. The molecule has 0 unspecified atom stereocenters. The van der Waals surface area contributed by atoms with Crippen LogP contribution in [0, 0.1) is 5.92 Å². The smallest absolute Gasteiger partial charge is 0.00131 e. The van der Waals surface area contributed by atoms with Gasteiger partial charge in [-0.2, -0.15) is 0 Å². The van der Waals surface area contributed by atoms with Crippen molar-refractivity contribution in [3.8, 4) is 0 Å². The van der Waals surface area contributed by atoms with E-state index in [4.69, 9.17) is 0 Å². The van der Waals surface area contributed by atoms with Gasteiger partial charge in [0.05, 0.1) is 0 Å². The van der Waals surface area contributed by atoms with E-state index in [1.54, 1.807) is 0 Å².